The van der Waals surface area contributed by atoms with E-state index in [-0.39, 0.29) is 0 Å². The van der Waals surface area contributed by atoms with E-state index in [1.807, 2.05) is 0 Å². The standard InChI is InChI=1S/C13H29N/c1-6-7-12(4)8-9-13(5)10-14-11(2)3/h11-14H,6-10H2,1-5H3. The van der Waals surface area contributed by atoms with E-state index < -0.39 is 0 Å². The van der Waals surface area contributed by atoms with E-state index in [0.717, 1.165) is 11.8 Å². The van der Waals surface area contributed by atoms with E-state index in [0.29, 0.717) is 6.04 Å². The monoisotopic (exact) mass is 199 g/mol. The molecule has 0 spiro atoms. The number of rotatable bonds is 8. The lowest BCUT2D eigenvalue weighted by Crippen LogP contribution is -2.27. The summed E-state index contributed by atoms with van der Waals surface area (Å²) < 4.78 is 0. The molecule has 2 atom stereocenters. The second kappa shape index (κ2) is 8.28. The van der Waals surface area contributed by atoms with Crippen molar-refractivity contribution in [2.45, 2.75) is 66.3 Å². The van der Waals surface area contributed by atoms with Crippen LogP contribution in [-0.2, 0) is 0 Å². The van der Waals surface area contributed by atoms with Crippen LogP contribution in [0.4, 0.5) is 0 Å². The van der Waals surface area contributed by atoms with Crippen LogP contribution in [0.2, 0.25) is 0 Å². The highest BCUT2D eigenvalue weighted by atomic mass is 14.9. The maximum absolute atomic E-state index is 3.50. The van der Waals surface area contributed by atoms with Gasteiger partial charge in [-0.05, 0) is 24.8 Å². The molecule has 0 aromatic carbocycles. The molecule has 0 rings (SSSR count). The van der Waals surface area contributed by atoms with Crippen molar-refractivity contribution in [2.24, 2.45) is 11.8 Å². The van der Waals surface area contributed by atoms with Gasteiger partial charge >= 0.3 is 0 Å². The smallest absolute Gasteiger partial charge is 0.00104 e. The second-order valence-corrected chi connectivity index (χ2v) is 5.14. The van der Waals surface area contributed by atoms with Gasteiger partial charge < -0.3 is 5.32 Å². The third-order valence-electron chi connectivity index (χ3n) is 2.81. The lowest BCUT2D eigenvalue weighted by atomic mass is 9.95. The zero-order valence-corrected chi connectivity index (χ0v) is 10.8. The van der Waals surface area contributed by atoms with Gasteiger partial charge in [-0.25, -0.2) is 0 Å². The first-order chi connectivity index (χ1) is 6.56. The molecule has 0 saturated carbocycles. The van der Waals surface area contributed by atoms with Crippen molar-refractivity contribution < 1.29 is 0 Å². The quantitative estimate of drug-likeness (QED) is 0.626. The first kappa shape index (κ1) is 14.0. The number of hydrogen-bond donors (Lipinski definition) is 1. The van der Waals surface area contributed by atoms with Gasteiger partial charge in [-0.15, -0.1) is 0 Å². The van der Waals surface area contributed by atoms with Gasteiger partial charge in [0.05, 0.1) is 0 Å². The van der Waals surface area contributed by atoms with E-state index in [2.05, 4.69) is 39.9 Å². The third-order valence-corrected chi connectivity index (χ3v) is 2.81. The average molecular weight is 199 g/mol. The molecule has 1 heteroatoms. The lowest BCUT2D eigenvalue weighted by Gasteiger charge is -2.17. The predicted octanol–water partition coefficient (Wildman–Crippen LogP) is 3.84. The molecule has 0 aliphatic rings. The van der Waals surface area contributed by atoms with Crippen LogP contribution < -0.4 is 5.32 Å². The molecule has 0 amide bonds. The number of nitrogens with one attached hydrogen (secondary N) is 1. The van der Waals surface area contributed by atoms with E-state index in [1.165, 1.54) is 32.2 Å². The van der Waals surface area contributed by atoms with E-state index in [9.17, 15) is 0 Å². The minimum atomic E-state index is 0.630. The molecule has 1 nitrogen and oxygen atoms in total. The zero-order chi connectivity index (χ0) is 11.0. The fourth-order valence-electron chi connectivity index (χ4n) is 1.75. The summed E-state index contributed by atoms with van der Waals surface area (Å²) in [5, 5.41) is 3.50. The van der Waals surface area contributed by atoms with Crippen molar-refractivity contribution in [3.63, 3.8) is 0 Å². The summed E-state index contributed by atoms with van der Waals surface area (Å²) in [6.45, 7) is 12.6. The molecule has 0 radical (unpaired) electrons. The average Bonchev–Trinajstić information content (AvgIpc) is 2.12. The highest BCUT2D eigenvalue weighted by molar-refractivity contribution is 4.62. The first-order valence-corrected chi connectivity index (χ1v) is 6.29. The van der Waals surface area contributed by atoms with Crippen LogP contribution in [0, 0.1) is 11.8 Å². The topological polar surface area (TPSA) is 12.0 Å². The van der Waals surface area contributed by atoms with Gasteiger partial charge in [-0.2, -0.15) is 0 Å². The van der Waals surface area contributed by atoms with Crippen LogP contribution in [0.15, 0.2) is 0 Å². The fourth-order valence-corrected chi connectivity index (χ4v) is 1.75. The summed E-state index contributed by atoms with van der Waals surface area (Å²) in [4.78, 5) is 0. The molecule has 86 valence electrons. The van der Waals surface area contributed by atoms with Crippen LogP contribution in [-0.4, -0.2) is 12.6 Å². The van der Waals surface area contributed by atoms with E-state index in [1.54, 1.807) is 0 Å². The van der Waals surface area contributed by atoms with Gasteiger partial charge in [-0.1, -0.05) is 53.9 Å². The van der Waals surface area contributed by atoms with Gasteiger partial charge in [0, 0.05) is 6.04 Å². The molecule has 14 heavy (non-hydrogen) atoms. The predicted molar refractivity (Wildman–Crippen MR) is 65.6 cm³/mol. The molecule has 1 N–H and O–H groups in total. The summed E-state index contributed by atoms with van der Waals surface area (Å²) in [5.74, 6) is 1.75. The number of hydrogen-bond acceptors (Lipinski definition) is 1. The van der Waals surface area contributed by atoms with Crippen molar-refractivity contribution >= 4 is 0 Å². The molecule has 0 aliphatic heterocycles. The Bertz CT molecular complexity index is 120. The highest BCUT2D eigenvalue weighted by Gasteiger charge is 2.06. The summed E-state index contributed by atoms with van der Waals surface area (Å²) in [6, 6.07) is 0.630. The molecule has 0 bridgehead atoms. The third kappa shape index (κ3) is 8.55. The van der Waals surface area contributed by atoms with Crippen molar-refractivity contribution in [1.82, 2.24) is 5.32 Å². The molecule has 0 saturated heterocycles. The Hall–Kier alpha value is -0.0400. The van der Waals surface area contributed by atoms with Crippen LogP contribution in [0.1, 0.15) is 60.3 Å². The van der Waals surface area contributed by atoms with Crippen LogP contribution >= 0.6 is 0 Å². The molecule has 0 fully saturated rings. The van der Waals surface area contributed by atoms with Crippen LogP contribution in [0.5, 0.6) is 0 Å². The van der Waals surface area contributed by atoms with Crippen molar-refractivity contribution in [3.8, 4) is 0 Å². The summed E-state index contributed by atoms with van der Waals surface area (Å²) >= 11 is 0. The maximum atomic E-state index is 3.50. The highest BCUT2D eigenvalue weighted by Crippen LogP contribution is 2.16. The molecule has 2 unspecified atom stereocenters. The van der Waals surface area contributed by atoms with Crippen molar-refractivity contribution in [2.75, 3.05) is 6.54 Å². The van der Waals surface area contributed by atoms with Crippen molar-refractivity contribution in [3.05, 3.63) is 0 Å². The Balaban J connectivity index is 3.38. The maximum Gasteiger partial charge on any atom is 0.00104 e. The summed E-state index contributed by atoms with van der Waals surface area (Å²) in [7, 11) is 0. The Labute approximate surface area is 90.7 Å². The van der Waals surface area contributed by atoms with Crippen LogP contribution in [0.3, 0.4) is 0 Å². The Morgan fingerprint density at radius 2 is 1.43 bits per heavy atom. The Kier molecular flexibility index (Phi) is 8.26. The summed E-state index contributed by atoms with van der Waals surface area (Å²) in [6.07, 6.45) is 5.50. The zero-order valence-electron chi connectivity index (χ0n) is 10.8. The molecule has 0 aliphatic carbocycles. The van der Waals surface area contributed by atoms with E-state index >= 15 is 0 Å². The summed E-state index contributed by atoms with van der Waals surface area (Å²) in [5.41, 5.74) is 0. The minimum absolute atomic E-state index is 0.630. The first-order valence-electron chi connectivity index (χ1n) is 6.29. The van der Waals surface area contributed by atoms with Gasteiger partial charge in [-0.3, -0.25) is 0 Å². The second-order valence-electron chi connectivity index (χ2n) is 5.14. The molecular formula is C13H29N. The Morgan fingerprint density at radius 1 is 0.857 bits per heavy atom. The van der Waals surface area contributed by atoms with Gasteiger partial charge in [0.2, 0.25) is 0 Å². The van der Waals surface area contributed by atoms with Gasteiger partial charge in [0.25, 0.3) is 0 Å². The normalized spacial score (nSPS) is 15.9. The van der Waals surface area contributed by atoms with Gasteiger partial charge in [0.1, 0.15) is 0 Å². The molecule has 0 heterocycles. The Morgan fingerprint density at radius 3 is 1.93 bits per heavy atom. The largest absolute Gasteiger partial charge is 0.314 e. The van der Waals surface area contributed by atoms with Gasteiger partial charge in [0.15, 0.2) is 0 Å². The SMILES string of the molecule is CCCC(C)CCC(C)CNC(C)C. The lowest BCUT2D eigenvalue weighted by molar-refractivity contribution is 0.387. The van der Waals surface area contributed by atoms with E-state index in [4.69, 9.17) is 0 Å². The fraction of sp³-hybridized carbons (Fsp3) is 1.00. The molecule has 0 aromatic heterocycles. The molecule has 0 aromatic rings. The minimum Gasteiger partial charge on any atom is -0.314 e. The van der Waals surface area contributed by atoms with Crippen molar-refractivity contribution in [1.29, 1.82) is 0 Å². The molecular weight excluding hydrogens is 170 g/mol. The van der Waals surface area contributed by atoms with Crippen LogP contribution in [0.25, 0.3) is 0 Å².